The number of carbonyl (C=O) groups is 1. The Labute approximate surface area is 253 Å². The molecule has 18 N–H and O–H groups in total. The number of nitrogens with one attached hydrogen (secondary N) is 3. The molecule has 44 heavy (non-hydrogen) atoms. The third-order valence-electron chi connectivity index (χ3n) is 9.09. The van der Waals surface area contributed by atoms with E-state index in [2.05, 4.69) is 20.9 Å². The number of rotatable bonds is 10. The van der Waals surface area contributed by atoms with Crippen molar-refractivity contribution in [3.05, 3.63) is 0 Å². The first kappa shape index (κ1) is 33.5. The molecule has 19 nitrogen and oxygen atoms in total. The Balaban J connectivity index is 1.35. The van der Waals surface area contributed by atoms with Crippen LogP contribution in [0.25, 0.3) is 0 Å². The van der Waals surface area contributed by atoms with Gasteiger partial charge in [0, 0.05) is 38.1 Å². The summed E-state index contributed by atoms with van der Waals surface area (Å²) in [6.45, 7) is 1.23. The third kappa shape index (κ3) is 6.95. The van der Waals surface area contributed by atoms with Gasteiger partial charge in [0.05, 0.1) is 49.1 Å². The number of guanidine groups is 1. The van der Waals surface area contributed by atoms with Gasteiger partial charge in [0.25, 0.3) is 5.91 Å². The number of carbonyl (C=O) groups excluding carboxylic acids is 1. The summed E-state index contributed by atoms with van der Waals surface area (Å²) >= 11 is 0. The maximum Gasteiger partial charge on any atom is 0.254 e. The van der Waals surface area contributed by atoms with Crippen molar-refractivity contribution in [1.29, 1.82) is 0 Å². The van der Waals surface area contributed by atoms with Crippen LogP contribution in [0.3, 0.4) is 0 Å². The molecule has 0 radical (unpaired) electrons. The van der Waals surface area contributed by atoms with Crippen molar-refractivity contribution in [3.8, 4) is 0 Å². The Kier molecular flexibility index (Phi) is 10.3. The number of nitrogens with two attached hydrogens (primary N) is 5. The highest BCUT2D eigenvalue weighted by Gasteiger charge is 2.61. The second-order valence-electron chi connectivity index (χ2n) is 12.4. The molecular formula is C25H47N9O10. The molecule has 0 aromatic carbocycles. The van der Waals surface area contributed by atoms with Crippen LogP contribution in [-0.4, -0.2) is 161 Å². The molecule has 0 spiro atoms. The number of hydrogen-bond donors (Lipinski definition) is 13. The number of amides is 1. The Morgan fingerprint density at radius 1 is 1.00 bits per heavy atom. The Hall–Kier alpha value is -1.82. The molecule has 2 aliphatic carbocycles. The number of hydrogen-bond acceptors (Lipinski definition) is 16. The number of ether oxygens (including phenoxy) is 4. The largest absolute Gasteiger partial charge is 0.390 e. The molecule has 5 aliphatic rings. The van der Waals surface area contributed by atoms with Crippen LogP contribution in [-0.2, 0) is 23.7 Å². The molecule has 5 fully saturated rings. The average molecular weight is 634 g/mol. The molecule has 0 aromatic rings. The van der Waals surface area contributed by atoms with Gasteiger partial charge in [-0.2, -0.15) is 0 Å². The number of aliphatic imine (C=N–C) groups is 1. The Bertz CT molecular complexity index is 1040. The molecule has 1 amide bonds. The van der Waals surface area contributed by atoms with Crippen molar-refractivity contribution >= 4 is 11.9 Å². The maximum absolute atomic E-state index is 13.2. The zero-order chi connectivity index (χ0) is 31.9. The summed E-state index contributed by atoms with van der Waals surface area (Å²) in [6.07, 6.45) is -10.2. The molecular weight excluding hydrogens is 586 g/mol. The SMILES string of the molecule is NCC1OC(OC2C(N)CC(NC(=O)C3(O)CC3N=C(N)N)C(OC3OCC(O)C(N)C3O)C2O)C(NC2CNC2)CC1O. The predicted molar refractivity (Wildman–Crippen MR) is 151 cm³/mol. The summed E-state index contributed by atoms with van der Waals surface area (Å²) in [7, 11) is 0. The van der Waals surface area contributed by atoms with Gasteiger partial charge in [-0.3, -0.25) is 4.79 Å². The average Bonchev–Trinajstić information content (AvgIpc) is 3.60. The van der Waals surface area contributed by atoms with Crippen molar-refractivity contribution in [2.24, 2.45) is 33.7 Å². The van der Waals surface area contributed by atoms with Crippen LogP contribution in [0.4, 0.5) is 0 Å². The van der Waals surface area contributed by atoms with Gasteiger partial charge in [0.1, 0.15) is 24.4 Å². The van der Waals surface area contributed by atoms with E-state index in [-0.39, 0.29) is 44.4 Å². The van der Waals surface area contributed by atoms with Crippen molar-refractivity contribution in [3.63, 3.8) is 0 Å². The van der Waals surface area contributed by atoms with Gasteiger partial charge in [-0.25, -0.2) is 4.99 Å². The van der Waals surface area contributed by atoms with Crippen molar-refractivity contribution in [2.75, 3.05) is 26.2 Å². The lowest BCUT2D eigenvalue weighted by Crippen LogP contribution is -2.69. The van der Waals surface area contributed by atoms with Gasteiger partial charge >= 0.3 is 0 Å². The molecule has 5 rings (SSSR count). The van der Waals surface area contributed by atoms with Gasteiger partial charge in [0.2, 0.25) is 0 Å². The fourth-order valence-corrected chi connectivity index (χ4v) is 6.16. The molecule has 0 aromatic heterocycles. The molecule has 0 bridgehead atoms. The quantitative estimate of drug-likeness (QED) is 0.0784. The van der Waals surface area contributed by atoms with Gasteiger partial charge in [-0.1, -0.05) is 0 Å². The fraction of sp³-hybridized carbons (Fsp3) is 0.920. The minimum atomic E-state index is -1.88. The number of nitrogens with zero attached hydrogens (tertiary/aromatic N) is 1. The van der Waals surface area contributed by atoms with Crippen LogP contribution in [0.5, 0.6) is 0 Å². The molecule has 19 heteroatoms. The van der Waals surface area contributed by atoms with E-state index in [0.717, 1.165) is 13.1 Å². The Morgan fingerprint density at radius 3 is 2.34 bits per heavy atom. The molecule has 3 heterocycles. The summed E-state index contributed by atoms with van der Waals surface area (Å²) in [5, 5.41) is 62.9. The fourth-order valence-electron chi connectivity index (χ4n) is 6.16. The molecule has 15 unspecified atom stereocenters. The third-order valence-corrected chi connectivity index (χ3v) is 9.09. The second-order valence-corrected chi connectivity index (χ2v) is 12.4. The molecule has 3 aliphatic heterocycles. The van der Waals surface area contributed by atoms with E-state index in [1.54, 1.807) is 0 Å². The lowest BCUT2D eigenvalue weighted by molar-refractivity contribution is -0.302. The first-order valence-electron chi connectivity index (χ1n) is 14.9. The zero-order valence-corrected chi connectivity index (χ0v) is 24.2. The predicted octanol–water partition coefficient (Wildman–Crippen LogP) is -8.12. The van der Waals surface area contributed by atoms with E-state index in [1.165, 1.54) is 0 Å². The van der Waals surface area contributed by atoms with Gasteiger partial charge < -0.3 is 89.1 Å². The summed E-state index contributed by atoms with van der Waals surface area (Å²) in [5.74, 6) is -1.09. The van der Waals surface area contributed by atoms with Crippen LogP contribution in [0.2, 0.25) is 0 Å². The number of aliphatic hydroxyl groups excluding tert-OH is 4. The lowest BCUT2D eigenvalue weighted by Gasteiger charge is -2.49. The lowest BCUT2D eigenvalue weighted by atomic mass is 9.83. The van der Waals surface area contributed by atoms with Crippen LogP contribution < -0.4 is 44.6 Å². The van der Waals surface area contributed by atoms with E-state index in [4.69, 9.17) is 47.6 Å². The molecule has 252 valence electrons. The molecule has 15 atom stereocenters. The van der Waals surface area contributed by atoms with E-state index >= 15 is 0 Å². The Morgan fingerprint density at radius 2 is 1.70 bits per heavy atom. The minimum absolute atomic E-state index is 0.00102. The zero-order valence-electron chi connectivity index (χ0n) is 24.2. The van der Waals surface area contributed by atoms with Crippen LogP contribution in [0.15, 0.2) is 4.99 Å². The van der Waals surface area contributed by atoms with E-state index in [0.29, 0.717) is 0 Å². The highest BCUT2D eigenvalue weighted by Crippen LogP contribution is 2.40. The van der Waals surface area contributed by atoms with Gasteiger partial charge in [-0.05, 0) is 12.8 Å². The molecule has 2 saturated carbocycles. The highest BCUT2D eigenvalue weighted by molar-refractivity contribution is 5.90. The minimum Gasteiger partial charge on any atom is -0.390 e. The standard InChI is InChI=1S/C25H47N9O10/c26-4-14-12(35)2-11(32-8-5-31-6-8)21(42-14)43-19-9(27)1-10(33-23(39)25(40)3-15(25)34-24(29)30)20(18(19)38)44-22-17(37)16(28)13(36)7-41-22/h8-22,31-32,35-38,40H,1-7,26-28H2,(H,33,39)(H4,29,30,34). The first-order chi connectivity index (χ1) is 20.8. The maximum atomic E-state index is 13.2. The summed E-state index contributed by atoms with van der Waals surface area (Å²) < 4.78 is 23.8. The normalized spacial score (nSPS) is 47.8. The topological polar surface area (TPSA) is 334 Å². The smallest absolute Gasteiger partial charge is 0.254 e. The van der Waals surface area contributed by atoms with Gasteiger partial charge in [-0.15, -0.1) is 0 Å². The van der Waals surface area contributed by atoms with Crippen LogP contribution >= 0.6 is 0 Å². The van der Waals surface area contributed by atoms with Crippen molar-refractivity contribution in [1.82, 2.24) is 16.0 Å². The number of aliphatic hydroxyl groups is 5. The van der Waals surface area contributed by atoms with Crippen molar-refractivity contribution in [2.45, 2.75) is 116 Å². The van der Waals surface area contributed by atoms with Gasteiger partial charge in [0.15, 0.2) is 24.1 Å². The van der Waals surface area contributed by atoms with Crippen molar-refractivity contribution < 1.29 is 49.3 Å². The second kappa shape index (κ2) is 13.5. The first-order valence-corrected chi connectivity index (χ1v) is 14.9. The summed E-state index contributed by atoms with van der Waals surface area (Å²) in [4.78, 5) is 17.0. The van der Waals surface area contributed by atoms with Crippen LogP contribution in [0, 0.1) is 0 Å². The summed E-state index contributed by atoms with van der Waals surface area (Å²) in [6, 6.07) is -4.17. The van der Waals surface area contributed by atoms with E-state index in [9.17, 15) is 30.3 Å². The van der Waals surface area contributed by atoms with Crippen LogP contribution in [0.1, 0.15) is 19.3 Å². The monoisotopic (exact) mass is 633 g/mol. The molecule has 3 saturated heterocycles. The van der Waals surface area contributed by atoms with E-state index in [1.807, 2.05) is 0 Å². The highest BCUT2D eigenvalue weighted by atomic mass is 16.7. The summed E-state index contributed by atoms with van der Waals surface area (Å²) in [5.41, 5.74) is 27.1. The van der Waals surface area contributed by atoms with E-state index < -0.39 is 97.0 Å².